The van der Waals surface area contributed by atoms with Crippen molar-refractivity contribution in [2.75, 3.05) is 37.2 Å². The van der Waals surface area contributed by atoms with Crippen LogP contribution in [0.4, 0.5) is 26.8 Å². The van der Waals surface area contributed by atoms with Crippen molar-refractivity contribution in [3.63, 3.8) is 0 Å². The number of benzene rings is 2. The molecule has 4 bridgehead atoms. The number of aromatic nitrogens is 1. The molecular formula is C38H44ClN5O9. The van der Waals surface area contributed by atoms with Crippen molar-refractivity contribution >= 4 is 57.7 Å². The molecule has 0 aliphatic carbocycles. The molecule has 53 heavy (non-hydrogen) atoms. The van der Waals surface area contributed by atoms with Gasteiger partial charge in [-0.1, -0.05) is 48.4 Å². The first-order valence-electron chi connectivity index (χ1n) is 17.2. The fourth-order valence-electron chi connectivity index (χ4n) is 7.10. The number of epoxide rings is 1. The number of pyridine rings is 1. The van der Waals surface area contributed by atoms with Crippen LogP contribution in [0.3, 0.4) is 0 Å². The van der Waals surface area contributed by atoms with Crippen LogP contribution in [0, 0.1) is 5.92 Å². The summed E-state index contributed by atoms with van der Waals surface area (Å²) >= 11 is 6.76. The molecule has 1 aromatic heterocycles. The Hall–Kier alpha value is -4.89. The number of anilines is 3. The predicted octanol–water partition coefficient (Wildman–Crippen LogP) is 5.50. The minimum absolute atomic E-state index is 0.0432. The first kappa shape index (κ1) is 37.9. The highest BCUT2D eigenvalue weighted by Crippen LogP contribution is 2.49. The van der Waals surface area contributed by atoms with Crippen LogP contribution < -0.4 is 26.0 Å². The molecule has 2 aromatic carbocycles. The first-order chi connectivity index (χ1) is 25.1. The number of hydrogen-bond acceptors (Lipinski definition) is 11. The molecule has 2 saturated heterocycles. The van der Waals surface area contributed by atoms with E-state index in [9.17, 15) is 19.5 Å². The Labute approximate surface area is 312 Å². The third-order valence-electron chi connectivity index (χ3n) is 10.2. The van der Waals surface area contributed by atoms with E-state index in [0.717, 1.165) is 21.9 Å². The van der Waals surface area contributed by atoms with Crippen molar-refractivity contribution in [3.8, 4) is 5.75 Å². The van der Waals surface area contributed by atoms with Crippen molar-refractivity contribution in [2.24, 2.45) is 5.92 Å². The van der Waals surface area contributed by atoms with E-state index in [1.54, 1.807) is 69.6 Å². The summed E-state index contributed by atoms with van der Waals surface area (Å²) < 4.78 is 29.1. The fourth-order valence-corrected chi connectivity index (χ4v) is 7.41. The second-order valence-corrected chi connectivity index (χ2v) is 14.4. The number of halogens is 1. The number of nitrogen functional groups attached to an aromatic ring is 1. The smallest absolute Gasteiger partial charge is 0.413 e. The zero-order valence-corrected chi connectivity index (χ0v) is 31.1. The normalized spacial score (nSPS) is 30.6. The lowest BCUT2D eigenvalue weighted by molar-refractivity contribution is -0.142. The van der Waals surface area contributed by atoms with Crippen molar-refractivity contribution in [3.05, 3.63) is 77.0 Å². The third-order valence-corrected chi connectivity index (χ3v) is 10.6. The van der Waals surface area contributed by atoms with Crippen LogP contribution >= 0.6 is 11.6 Å². The Bertz CT molecular complexity index is 1990. The Morgan fingerprint density at radius 1 is 1.19 bits per heavy atom. The molecule has 5 N–H and O–H groups in total. The van der Waals surface area contributed by atoms with Crippen molar-refractivity contribution in [2.45, 2.75) is 75.8 Å². The SMILES string of the molecule is COc1cc2cc(c1Cl)N(C)C(=O)C[C@H](OC(=O)Nc1cc3ccc(N)cc3cn1)[C@]1(C)O[C@H]1[C@H](C)[C@@H]1C[C@@](O)(NC(=O)O1)[C@H](OC)/C=C/C=C(\C)C2. The number of hydrogen-bond donors (Lipinski definition) is 4. The highest BCUT2D eigenvalue weighted by atomic mass is 35.5. The number of amides is 3. The minimum Gasteiger partial charge on any atom is -0.495 e. The van der Waals surface area contributed by atoms with Crippen molar-refractivity contribution in [1.29, 1.82) is 0 Å². The molecule has 3 aliphatic rings. The molecule has 15 heteroatoms. The molecule has 0 saturated carbocycles. The Morgan fingerprint density at radius 3 is 2.70 bits per heavy atom. The maximum Gasteiger partial charge on any atom is 0.413 e. The lowest BCUT2D eigenvalue weighted by Gasteiger charge is -2.42. The lowest BCUT2D eigenvalue weighted by atomic mass is 9.83. The second-order valence-electron chi connectivity index (χ2n) is 14.0. The third kappa shape index (κ3) is 7.91. The highest BCUT2D eigenvalue weighted by Gasteiger charge is 2.64. The maximum atomic E-state index is 14.1. The zero-order chi connectivity index (χ0) is 38.2. The van der Waals surface area contributed by atoms with Gasteiger partial charge >= 0.3 is 12.2 Å². The number of allylic oxidation sites excluding steroid dienone is 3. The summed E-state index contributed by atoms with van der Waals surface area (Å²) in [5, 5.41) is 18.7. The number of rotatable bonds is 4. The summed E-state index contributed by atoms with van der Waals surface area (Å²) in [5.41, 5.74) is 5.60. The largest absolute Gasteiger partial charge is 0.495 e. The number of ether oxygens (including phenoxy) is 5. The van der Waals surface area contributed by atoms with Crippen LogP contribution in [0.15, 0.2) is 66.4 Å². The summed E-state index contributed by atoms with van der Waals surface area (Å²) in [6.45, 7) is 5.46. The molecule has 14 nitrogen and oxygen atoms in total. The monoisotopic (exact) mass is 749 g/mol. The average Bonchev–Trinajstić information content (AvgIpc) is 3.81. The van der Waals surface area contributed by atoms with E-state index in [4.69, 9.17) is 41.0 Å². The van der Waals surface area contributed by atoms with Gasteiger partial charge in [0.05, 0.1) is 25.3 Å². The van der Waals surface area contributed by atoms with Gasteiger partial charge in [-0.05, 0) is 61.5 Å². The van der Waals surface area contributed by atoms with Crippen LogP contribution in [0.2, 0.25) is 5.02 Å². The van der Waals surface area contributed by atoms with Gasteiger partial charge in [0.1, 0.15) is 40.5 Å². The first-order valence-corrected chi connectivity index (χ1v) is 17.5. The van der Waals surface area contributed by atoms with E-state index in [0.29, 0.717) is 23.5 Å². The number of nitrogens with one attached hydrogen (secondary N) is 2. The highest BCUT2D eigenvalue weighted by molar-refractivity contribution is 6.35. The van der Waals surface area contributed by atoms with Gasteiger partial charge in [0.25, 0.3) is 0 Å². The van der Waals surface area contributed by atoms with Crippen LogP contribution in [-0.4, -0.2) is 85.2 Å². The number of fused-ring (bicyclic) bond motifs is 6. The molecule has 0 unspecified atom stereocenters. The molecule has 7 atom stereocenters. The molecule has 4 heterocycles. The number of carbonyl (C=O) groups excluding carboxylic acids is 3. The van der Waals surface area contributed by atoms with Crippen LogP contribution in [0.25, 0.3) is 10.8 Å². The number of alkyl carbamates (subject to hydrolysis) is 1. The molecule has 2 fully saturated rings. The molecule has 3 aliphatic heterocycles. The summed E-state index contributed by atoms with van der Waals surface area (Å²) in [6, 6.07) is 10.6. The summed E-state index contributed by atoms with van der Waals surface area (Å²) in [5.74, 6) is -0.342. The van der Waals surface area contributed by atoms with Gasteiger partial charge in [0.2, 0.25) is 5.91 Å². The molecule has 3 aromatic rings. The van der Waals surface area contributed by atoms with E-state index < -0.39 is 59.8 Å². The van der Waals surface area contributed by atoms with E-state index in [-0.39, 0.29) is 23.7 Å². The van der Waals surface area contributed by atoms with Gasteiger partial charge in [0.15, 0.2) is 5.72 Å². The van der Waals surface area contributed by atoms with E-state index >= 15 is 0 Å². The molecule has 282 valence electrons. The van der Waals surface area contributed by atoms with E-state index in [1.807, 2.05) is 19.1 Å². The van der Waals surface area contributed by atoms with Gasteiger partial charge in [-0.15, -0.1) is 0 Å². The van der Waals surface area contributed by atoms with E-state index in [1.165, 1.54) is 19.1 Å². The zero-order valence-electron chi connectivity index (χ0n) is 30.3. The van der Waals surface area contributed by atoms with Crippen LogP contribution in [0.1, 0.15) is 39.2 Å². The lowest BCUT2D eigenvalue weighted by Crippen LogP contribution is -2.63. The fraction of sp³-hybridized carbons (Fsp3) is 0.421. The number of nitrogens with two attached hydrogens (primary N) is 1. The Morgan fingerprint density at radius 2 is 1.96 bits per heavy atom. The summed E-state index contributed by atoms with van der Waals surface area (Å²) in [4.78, 5) is 46.2. The van der Waals surface area contributed by atoms with Crippen molar-refractivity contribution < 1.29 is 43.2 Å². The molecule has 6 rings (SSSR count). The van der Waals surface area contributed by atoms with Gasteiger partial charge in [-0.2, -0.15) is 0 Å². The summed E-state index contributed by atoms with van der Waals surface area (Å²) in [7, 11) is 4.51. The van der Waals surface area contributed by atoms with Gasteiger partial charge in [-0.3, -0.25) is 15.4 Å². The summed E-state index contributed by atoms with van der Waals surface area (Å²) in [6.07, 6.45) is 1.72. The van der Waals surface area contributed by atoms with E-state index in [2.05, 4.69) is 15.6 Å². The number of carbonyl (C=O) groups is 3. The average molecular weight is 750 g/mol. The number of methoxy groups -OCH3 is 2. The second kappa shape index (κ2) is 14.9. The molecule has 0 spiro atoms. The molecule has 0 radical (unpaired) electrons. The van der Waals surface area contributed by atoms with Gasteiger partial charge in [0, 0.05) is 43.8 Å². The molecular weight excluding hydrogens is 706 g/mol. The Kier molecular flexibility index (Phi) is 10.6. The van der Waals surface area contributed by atoms with Crippen LogP contribution in [0.5, 0.6) is 5.75 Å². The van der Waals surface area contributed by atoms with Crippen LogP contribution in [-0.2, 0) is 30.2 Å². The maximum absolute atomic E-state index is 14.1. The van der Waals surface area contributed by atoms with Gasteiger partial charge in [-0.25, -0.2) is 14.6 Å². The quantitative estimate of drug-likeness (QED) is 0.195. The van der Waals surface area contributed by atoms with Crippen molar-refractivity contribution in [1.82, 2.24) is 10.3 Å². The number of nitrogens with zero attached hydrogens (tertiary/aromatic N) is 2. The molecule has 3 amide bonds. The topological polar surface area (TPSA) is 187 Å². The van der Waals surface area contributed by atoms with Gasteiger partial charge < -0.3 is 39.4 Å². The minimum atomic E-state index is -1.82. The predicted molar refractivity (Wildman–Crippen MR) is 199 cm³/mol. The number of aliphatic hydroxyl groups is 1. The standard InChI is InChI=1S/C38H44ClN5O9/c1-20-8-7-9-29(50-6)38(48)18-28(51-36(47)43-38)21(2)34-37(3,53-34)30(17-32(45)44(4)26-13-22(12-20)14-27(49-5)33(26)39)52-35(46)42-31-16-23-10-11-25(40)15-24(23)19-41-31/h7-11,13-16,19,21,28-30,34,48H,12,17-18,40H2,1-6H3,(H,43,47)(H,41,42,46)/b9-7+,20-8+/t21-,28+,29-,30+,34+,37+,38+/m1/s1. The Balaban J connectivity index is 1.36.